The van der Waals surface area contributed by atoms with Gasteiger partial charge in [0.1, 0.15) is 5.75 Å². The summed E-state index contributed by atoms with van der Waals surface area (Å²) in [5.74, 6) is 1.77. The lowest BCUT2D eigenvalue weighted by molar-refractivity contribution is 0.176. The van der Waals surface area contributed by atoms with Crippen molar-refractivity contribution in [3.63, 3.8) is 0 Å². The molecule has 1 unspecified atom stereocenters. The molecule has 2 aromatic heterocycles. The first-order chi connectivity index (χ1) is 12.7. The van der Waals surface area contributed by atoms with Crippen molar-refractivity contribution >= 4 is 11.0 Å². The first-order valence-corrected chi connectivity index (χ1v) is 8.75. The fraction of sp³-hybridized carbons (Fsp3) is 0.250. The van der Waals surface area contributed by atoms with E-state index in [4.69, 9.17) is 9.26 Å². The van der Waals surface area contributed by atoms with E-state index >= 15 is 0 Å². The van der Waals surface area contributed by atoms with Crippen LogP contribution in [0.25, 0.3) is 22.4 Å². The summed E-state index contributed by atoms with van der Waals surface area (Å²) in [6.45, 7) is 4.97. The molecule has 0 saturated carbocycles. The highest BCUT2D eigenvalue weighted by molar-refractivity contribution is 5.80. The number of aromatic nitrogens is 4. The van der Waals surface area contributed by atoms with Gasteiger partial charge < -0.3 is 13.8 Å². The summed E-state index contributed by atoms with van der Waals surface area (Å²) in [6.07, 6.45) is 2.60. The van der Waals surface area contributed by atoms with Crippen molar-refractivity contribution in [2.45, 2.75) is 32.9 Å². The Kier molecular flexibility index (Phi) is 4.39. The van der Waals surface area contributed by atoms with Gasteiger partial charge >= 0.3 is 0 Å². The standard InChI is InChI=1S/C20H20N4O2/c1-3-11-24-13-21-17-10-9-15(12-18(17)24)19-22-20(26-23-19)14(2)25-16-7-5-4-6-8-16/h4-10,12-14H,3,11H2,1-2H3. The van der Waals surface area contributed by atoms with Crippen molar-refractivity contribution in [3.05, 3.63) is 60.7 Å². The number of benzene rings is 2. The molecule has 4 aromatic rings. The molecule has 2 heterocycles. The maximum Gasteiger partial charge on any atom is 0.267 e. The summed E-state index contributed by atoms with van der Waals surface area (Å²) in [7, 11) is 0. The topological polar surface area (TPSA) is 66.0 Å². The molecule has 0 spiro atoms. The minimum absolute atomic E-state index is 0.326. The van der Waals surface area contributed by atoms with Gasteiger partial charge in [-0.2, -0.15) is 4.98 Å². The Morgan fingerprint density at radius 3 is 2.81 bits per heavy atom. The number of fused-ring (bicyclic) bond motifs is 1. The summed E-state index contributed by atoms with van der Waals surface area (Å²) < 4.78 is 13.4. The third-order valence-electron chi connectivity index (χ3n) is 4.19. The summed E-state index contributed by atoms with van der Waals surface area (Å²) >= 11 is 0. The maximum absolute atomic E-state index is 5.85. The number of nitrogens with zero attached hydrogens (tertiary/aromatic N) is 4. The largest absolute Gasteiger partial charge is 0.481 e. The second-order valence-corrected chi connectivity index (χ2v) is 6.17. The number of hydrogen-bond donors (Lipinski definition) is 0. The van der Waals surface area contributed by atoms with E-state index in [1.165, 1.54) is 0 Å². The Labute approximate surface area is 151 Å². The number of para-hydroxylation sites is 1. The molecule has 0 fully saturated rings. The highest BCUT2D eigenvalue weighted by Crippen LogP contribution is 2.25. The molecule has 1 atom stereocenters. The molecular formula is C20H20N4O2. The van der Waals surface area contributed by atoms with Crippen molar-refractivity contribution in [1.82, 2.24) is 19.7 Å². The minimum atomic E-state index is -0.326. The van der Waals surface area contributed by atoms with Crippen LogP contribution in [0.1, 0.15) is 32.3 Å². The Balaban J connectivity index is 1.59. The van der Waals surface area contributed by atoms with Gasteiger partial charge in [0, 0.05) is 12.1 Å². The second kappa shape index (κ2) is 7.00. The lowest BCUT2D eigenvalue weighted by Gasteiger charge is -2.09. The molecule has 4 rings (SSSR count). The van der Waals surface area contributed by atoms with E-state index in [-0.39, 0.29) is 6.10 Å². The van der Waals surface area contributed by atoms with Crippen LogP contribution in [0.3, 0.4) is 0 Å². The van der Waals surface area contributed by atoms with E-state index in [0.717, 1.165) is 35.3 Å². The number of rotatable bonds is 6. The van der Waals surface area contributed by atoms with E-state index in [9.17, 15) is 0 Å². The Morgan fingerprint density at radius 1 is 1.15 bits per heavy atom. The van der Waals surface area contributed by atoms with E-state index in [1.54, 1.807) is 0 Å². The number of ether oxygens (including phenoxy) is 1. The third kappa shape index (κ3) is 3.18. The third-order valence-corrected chi connectivity index (χ3v) is 4.19. The lowest BCUT2D eigenvalue weighted by atomic mass is 10.2. The average Bonchev–Trinajstić information content (AvgIpc) is 3.30. The lowest BCUT2D eigenvalue weighted by Crippen LogP contribution is -2.03. The Hall–Kier alpha value is -3.15. The molecule has 0 amide bonds. The van der Waals surface area contributed by atoms with E-state index in [1.807, 2.05) is 55.7 Å². The molecule has 0 aliphatic rings. The highest BCUT2D eigenvalue weighted by atomic mass is 16.5. The number of aryl methyl sites for hydroxylation is 1. The van der Waals surface area contributed by atoms with Crippen LogP contribution in [0, 0.1) is 0 Å². The predicted molar refractivity (Wildman–Crippen MR) is 98.8 cm³/mol. The SMILES string of the molecule is CCCn1cnc2ccc(-c3noc(C(C)Oc4ccccc4)n3)cc21. The minimum Gasteiger partial charge on any atom is -0.481 e. The molecule has 6 heteroatoms. The van der Waals surface area contributed by atoms with Crippen LogP contribution in [0.15, 0.2) is 59.4 Å². The van der Waals surface area contributed by atoms with Gasteiger partial charge in [-0.05, 0) is 43.7 Å². The maximum atomic E-state index is 5.85. The molecule has 0 bridgehead atoms. The molecule has 132 valence electrons. The molecule has 6 nitrogen and oxygen atoms in total. The average molecular weight is 348 g/mol. The van der Waals surface area contributed by atoms with Crippen LogP contribution in [-0.4, -0.2) is 19.7 Å². The number of hydrogen-bond acceptors (Lipinski definition) is 5. The van der Waals surface area contributed by atoms with Gasteiger partial charge in [0.25, 0.3) is 5.89 Å². The molecule has 0 N–H and O–H groups in total. The van der Waals surface area contributed by atoms with Crippen LogP contribution in [0.5, 0.6) is 5.75 Å². The fourth-order valence-corrected chi connectivity index (χ4v) is 2.89. The summed E-state index contributed by atoms with van der Waals surface area (Å²) in [6, 6.07) is 15.6. The fourth-order valence-electron chi connectivity index (χ4n) is 2.89. The van der Waals surface area contributed by atoms with Crippen LogP contribution >= 0.6 is 0 Å². The zero-order chi connectivity index (χ0) is 17.9. The quantitative estimate of drug-likeness (QED) is 0.508. The molecule has 0 saturated heterocycles. The van der Waals surface area contributed by atoms with Gasteiger partial charge in [-0.1, -0.05) is 30.3 Å². The normalized spacial score (nSPS) is 12.4. The van der Waals surface area contributed by atoms with Gasteiger partial charge in [-0.15, -0.1) is 0 Å². The van der Waals surface area contributed by atoms with E-state index in [0.29, 0.717) is 11.7 Å². The second-order valence-electron chi connectivity index (χ2n) is 6.17. The van der Waals surface area contributed by atoms with Gasteiger partial charge in [-0.25, -0.2) is 4.98 Å². The molecule has 0 aliphatic heterocycles. The van der Waals surface area contributed by atoms with Gasteiger partial charge in [0.15, 0.2) is 6.10 Å². The Bertz CT molecular complexity index is 1010. The number of imidazole rings is 1. The van der Waals surface area contributed by atoms with Crippen molar-refractivity contribution in [2.75, 3.05) is 0 Å². The van der Waals surface area contributed by atoms with Gasteiger partial charge in [0.05, 0.1) is 17.4 Å². The first-order valence-electron chi connectivity index (χ1n) is 8.75. The zero-order valence-electron chi connectivity index (χ0n) is 14.8. The Morgan fingerprint density at radius 2 is 2.00 bits per heavy atom. The molecule has 26 heavy (non-hydrogen) atoms. The van der Waals surface area contributed by atoms with E-state index in [2.05, 4.69) is 32.7 Å². The molecule has 0 aliphatic carbocycles. The van der Waals surface area contributed by atoms with E-state index < -0.39 is 0 Å². The molecule has 0 radical (unpaired) electrons. The molecule has 2 aromatic carbocycles. The van der Waals surface area contributed by atoms with Crippen LogP contribution < -0.4 is 4.74 Å². The van der Waals surface area contributed by atoms with Gasteiger partial charge in [0.2, 0.25) is 5.82 Å². The van der Waals surface area contributed by atoms with Crippen molar-refractivity contribution in [3.8, 4) is 17.1 Å². The summed E-state index contributed by atoms with van der Waals surface area (Å²) in [5, 5.41) is 4.12. The zero-order valence-corrected chi connectivity index (χ0v) is 14.8. The first kappa shape index (κ1) is 16.3. The van der Waals surface area contributed by atoms with Gasteiger partial charge in [-0.3, -0.25) is 0 Å². The van der Waals surface area contributed by atoms with Crippen LogP contribution in [0.2, 0.25) is 0 Å². The summed E-state index contributed by atoms with van der Waals surface area (Å²) in [4.78, 5) is 8.94. The molecular weight excluding hydrogens is 328 g/mol. The van der Waals surface area contributed by atoms with Crippen LogP contribution in [0.4, 0.5) is 0 Å². The van der Waals surface area contributed by atoms with Crippen molar-refractivity contribution in [1.29, 1.82) is 0 Å². The van der Waals surface area contributed by atoms with Crippen LogP contribution in [-0.2, 0) is 6.54 Å². The smallest absolute Gasteiger partial charge is 0.267 e. The predicted octanol–water partition coefficient (Wildman–Crippen LogP) is 4.64. The highest BCUT2D eigenvalue weighted by Gasteiger charge is 2.17. The van der Waals surface area contributed by atoms with Crippen molar-refractivity contribution in [2.24, 2.45) is 0 Å². The summed E-state index contributed by atoms with van der Waals surface area (Å²) in [5.41, 5.74) is 2.94. The monoisotopic (exact) mass is 348 g/mol. The van der Waals surface area contributed by atoms with Crippen molar-refractivity contribution < 1.29 is 9.26 Å².